The molecule has 3 aromatic carbocycles. The Balaban J connectivity index is 1.97. The molecule has 2 amide bonds. The number of para-hydroxylation sites is 2. The van der Waals surface area contributed by atoms with Crippen LogP contribution >= 0.6 is 11.6 Å². The van der Waals surface area contributed by atoms with Gasteiger partial charge in [-0.2, -0.15) is 0 Å². The summed E-state index contributed by atoms with van der Waals surface area (Å²) in [6, 6.07) is 13.9. The molecule has 2 N–H and O–H groups in total. The van der Waals surface area contributed by atoms with Gasteiger partial charge in [-0.05, 0) is 36.4 Å². The number of hydrogen-bond acceptors (Lipinski definition) is 7. The van der Waals surface area contributed by atoms with Crippen LogP contribution in [0.4, 0.5) is 17.1 Å². The van der Waals surface area contributed by atoms with Gasteiger partial charge in [-0.3, -0.25) is 19.7 Å². The maximum Gasteiger partial charge on any atom is 0.327 e. The van der Waals surface area contributed by atoms with Gasteiger partial charge in [-0.25, -0.2) is 0 Å². The fraction of sp³-hybridized carbons (Fsp3) is 0.130. The lowest BCUT2D eigenvalue weighted by Crippen LogP contribution is -2.18. The van der Waals surface area contributed by atoms with Gasteiger partial charge in [0.25, 0.3) is 11.8 Å². The van der Waals surface area contributed by atoms with Gasteiger partial charge < -0.3 is 24.8 Å². The summed E-state index contributed by atoms with van der Waals surface area (Å²) in [4.78, 5) is 36.8. The molecule has 0 aliphatic rings. The molecular formula is C23H20ClN3O7. The number of nitro benzene ring substituents is 1. The van der Waals surface area contributed by atoms with Crippen LogP contribution in [-0.4, -0.2) is 38.1 Å². The van der Waals surface area contributed by atoms with Crippen molar-refractivity contribution in [3.63, 3.8) is 0 Å². The van der Waals surface area contributed by atoms with Crippen LogP contribution in [0, 0.1) is 10.1 Å². The smallest absolute Gasteiger partial charge is 0.327 e. The number of hydrogen-bond donors (Lipinski definition) is 2. The first-order chi connectivity index (χ1) is 16.3. The number of nitrogens with one attached hydrogen (secondary N) is 2. The largest absolute Gasteiger partial charge is 0.493 e. The van der Waals surface area contributed by atoms with Crippen molar-refractivity contribution in [2.75, 3.05) is 32.0 Å². The van der Waals surface area contributed by atoms with Crippen LogP contribution in [0.5, 0.6) is 17.2 Å². The number of nitrogens with zero attached hydrogens (tertiary/aromatic N) is 1. The number of methoxy groups -OCH3 is 3. The molecule has 3 rings (SSSR count). The topological polar surface area (TPSA) is 129 Å². The van der Waals surface area contributed by atoms with E-state index in [4.69, 9.17) is 25.8 Å². The number of benzene rings is 3. The molecule has 0 radical (unpaired) electrons. The van der Waals surface area contributed by atoms with E-state index in [9.17, 15) is 19.7 Å². The molecule has 0 unspecified atom stereocenters. The van der Waals surface area contributed by atoms with E-state index < -0.39 is 22.4 Å². The quantitative estimate of drug-likeness (QED) is 0.347. The zero-order valence-corrected chi connectivity index (χ0v) is 19.1. The summed E-state index contributed by atoms with van der Waals surface area (Å²) in [5.41, 5.74) is -0.0618. The van der Waals surface area contributed by atoms with Crippen LogP contribution in [0.2, 0.25) is 5.02 Å². The molecule has 0 bridgehead atoms. The molecule has 0 aliphatic carbocycles. The molecule has 0 spiro atoms. The average Bonchev–Trinajstić information content (AvgIpc) is 2.83. The Hall–Kier alpha value is -4.31. The summed E-state index contributed by atoms with van der Waals surface area (Å²) >= 11 is 5.86. The molecule has 176 valence electrons. The predicted molar refractivity (Wildman–Crippen MR) is 127 cm³/mol. The van der Waals surface area contributed by atoms with Crippen molar-refractivity contribution in [2.24, 2.45) is 0 Å². The van der Waals surface area contributed by atoms with Gasteiger partial charge >= 0.3 is 5.69 Å². The van der Waals surface area contributed by atoms with Crippen LogP contribution < -0.4 is 24.8 Å². The second-order valence-corrected chi connectivity index (χ2v) is 7.20. The molecule has 0 atom stereocenters. The first-order valence-corrected chi connectivity index (χ1v) is 10.1. The minimum atomic E-state index is -0.820. The Labute approximate surface area is 199 Å². The lowest BCUT2D eigenvalue weighted by Gasteiger charge is -2.16. The van der Waals surface area contributed by atoms with Crippen LogP contribution in [0.1, 0.15) is 20.7 Å². The zero-order chi connectivity index (χ0) is 24.8. The monoisotopic (exact) mass is 485 g/mol. The Morgan fingerprint density at radius 1 is 0.853 bits per heavy atom. The Kier molecular flexibility index (Phi) is 7.54. The van der Waals surface area contributed by atoms with Gasteiger partial charge in [-0.15, -0.1) is 0 Å². The second-order valence-electron chi connectivity index (χ2n) is 6.76. The van der Waals surface area contributed by atoms with Crippen LogP contribution in [-0.2, 0) is 0 Å². The van der Waals surface area contributed by atoms with Gasteiger partial charge in [0, 0.05) is 16.7 Å². The molecule has 0 saturated carbocycles. The highest BCUT2D eigenvalue weighted by molar-refractivity contribution is 6.30. The summed E-state index contributed by atoms with van der Waals surface area (Å²) in [5.74, 6) is -1.47. The number of carbonyl (C=O) groups is 2. The van der Waals surface area contributed by atoms with Crippen molar-refractivity contribution < 1.29 is 28.7 Å². The van der Waals surface area contributed by atoms with E-state index in [0.717, 1.165) is 0 Å². The first-order valence-electron chi connectivity index (χ1n) is 9.75. The van der Waals surface area contributed by atoms with E-state index in [2.05, 4.69) is 10.6 Å². The zero-order valence-electron chi connectivity index (χ0n) is 18.4. The van der Waals surface area contributed by atoms with Gasteiger partial charge in [0.2, 0.25) is 11.5 Å². The molecule has 34 heavy (non-hydrogen) atoms. The fourth-order valence-corrected chi connectivity index (χ4v) is 3.31. The molecule has 11 heteroatoms. The first kappa shape index (κ1) is 24.3. The van der Waals surface area contributed by atoms with Gasteiger partial charge in [-0.1, -0.05) is 23.7 Å². The average molecular weight is 486 g/mol. The molecule has 3 aromatic rings. The minimum absolute atomic E-state index is 0.0242. The van der Waals surface area contributed by atoms with E-state index in [1.807, 2.05) is 0 Å². The number of halogens is 1. The maximum absolute atomic E-state index is 13.1. The predicted octanol–water partition coefficient (Wildman–Crippen LogP) is 4.78. The third-order valence-corrected chi connectivity index (χ3v) is 5.01. The van der Waals surface area contributed by atoms with Crippen LogP contribution in [0.3, 0.4) is 0 Å². The van der Waals surface area contributed by atoms with E-state index in [1.165, 1.54) is 27.4 Å². The molecule has 0 saturated heterocycles. The Morgan fingerprint density at radius 3 is 1.91 bits per heavy atom. The summed E-state index contributed by atoms with van der Waals surface area (Å²) < 4.78 is 15.5. The second kappa shape index (κ2) is 10.5. The maximum atomic E-state index is 13.1. The summed E-state index contributed by atoms with van der Waals surface area (Å²) in [6.07, 6.45) is 0. The molecule has 10 nitrogen and oxygen atoms in total. The van der Waals surface area contributed by atoms with Crippen molar-refractivity contribution in [1.82, 2.24) is 0 Å². The highest BCUT2D eigenvalue weighted by Crippen LogP contribution is 2.46. The lowest BCUT2D eigenvalue weighted by atomic mass is 10.1. The number of amides is 2. The van der Waals surface area contributed by atoms with E-state index in [0.29, 0.717) is 10.6 Å². The van der Waals surface area contributed by atoms with Crippen molar-refractivity contribution in [1.29, 1.82) is 0 Å². The summed E-state index contributed by atoms with van der Waals surface area (Å²) in [6.45, 7) is 0. The number of ether oxygens (including phenoxy) is 3. The number of rotatable bonds is 8. The highest BCUT2D eigenvalue weighted by atomic mass is 35.5. The molecule has 0 heterocycles. The standard InChI is InChI=1S/C23H20ClN3O7/c1-32-18-12-15(19(27(30)31)21(34-3)20(18)33-2)23(29)26-17-7-5-4-6-16(17)25-22(28)13-8-10-14(24)11-9-13/h4-12H,1-3H3,(H,25,28)(H,26,29). The minimum Gasteiger partial charge on any atom is -0.493 e. The van der Waals surface area contributed by atoms with Crippen LogP contribution in [0.15, 0.2) is 54.6 Å². The summed E-state index contributed by atoms with van der Waals surface area (Å²) in [7, 11) is 3.84. The number of anilines is 2. The molecular weight excluding hydrogens is 466 g/mol. The third-order valence-electron chi connectivity index (χ3n) is 4.76. The van der Waals surface area contributed by atoms with Crippen molar-refractivity contribution in [3.05, 3.63) is 80.9 Å². The van der Waals surface area contributed by atoms with Crippen molar-refractivity contribution in [3.8, 4) is 17.2 Å². The summed E-state index contributed by atoms with van der Waals surface area (Å²) in [5, 5.41) is 17.6. The fourth-order valence-electron chi connectivity index (χ4n) is 3.18. The van der Waals surface area contributed by atoms with Gasteiger partial charge in [0.15, 0.2) is 5.75 Å². The Bertz CT molecular complexity index is 1250. The number of nitro groups is 1. The van der Waals surface area contributed by atoms with E-state index in [-0.39, 0.29) is 34.2 Å². The normalized spacial score (nSPS) is 10.2. The van der Waals surface area contributed by atoms with E-state index in [1.54, 1.807) is 48.5 Å². The molecule has 0 fully saturated rings. The van der Waals surface area contributed by atoms with Gasteiger partial charge in [0.05, 0.1) is 37.6 Å². The Morgan fingerprint density at radius 2 is 1.41 bits per heavy atom. The van der Waals surface area contributed by atoms with Crippen LogP contribution in [0.25, 0.3) is 0 Å². The third kappa shape index (κ3) is 5.02. The SMILES string of the molecule is COc1cc(C(=O)Nc2ccccc2NC(=O)c2ccc(Cl)cc2)c([N+](=O)[O-])c(OC)c1OC. The van der Waals surface area contributed by atoms with E-state index >= 15 is 0 Å². The van der Waals surface area contributed by atoms with Crippen molar-refractivity contribution >= 4 is 40.5 Å². The molecule has 0 aromatic heterocycles. The lowest BCUT2D eigenvalue weighted by molar-refractivity contribution is -0.386. The number of carbonyl (C=O) groups excluding carboxylic acids is 2. The molecule has 0 aliphatic heterocycles. The highest BCUT2D eigenvalue weighted by Gasteiger charge is 2.32. The van der Waals surface area contributed by atoms with Crippen molar-refractivity contribution in [2.45, 2.75) is 0 Å². The van der Waals surface area contributed by atoms with Gasteiger partial charge in [0.1, 0.15) is 5.56 Å².